The van der Waals surface area contributed by atoms with Crippen molar-refractivity contribution in [2.24, 2.45) is 0 Å². The van der Waals surface area contributed by atoms with Crippen LogP contribution in [0.5, 0.6) is 0 Å². The summed E-state index contributed by atoms with van der Waals surface area (Å²) in [4.78, 5) is 9.00. The third-order valence-corrected chi connectivity index (χ3v) is 4.08. The second-order valence-electron chi connectivity index (χ2n) is 5.07. The van der Waals surface area contributed by atoms with Gasteiger partial charge in [0.2, 0.25) is 0 Å². The fourth-order valence-electron chi connectivity index (χ4n) is 2.45. The maximum Gasteiger partial charge on any atom is 0.147 e. The van der Waals surface area contributed by atoms with E-state index < -0.39 is 0 Å². The molecule has 2 rings (SSSR count). The van der Waals surface area contributed by atoms with E-state index in [4.69, 9.17) is 28.3 Å². The van der Waals surface area contributed by atoms with E-state index in [-0.39, 0.29) is 0 Å². The van der Waals surface area contributed by atoms with Gasteiger partial charge in [-0.05, 0) is 31.9 Å². The first-order valence-electron chi connectivity index (χ1n) is 7.10. The standard InChI is InChI=1S/C14H21Cl2N3O/c15-12-10-13(16)14(17-11-12)19-7-5-18(6-8-19)4-2-1-3-9-20/h10-11,20H,1-9H2. The summed E-state index contributed by atoms with van der Waals surface area (Å²) in [6.07, 6.45) is 4.80. The molecule has 6 heteroatoms. The third kappa shape index (κ3) is 4.48. The summed E-state index contributed by atoms with van der Waals surface area (Å²) in [5, 5.41) is 9.95. The Morgan fingerprint density at radius 1 is 1.10 bits per heavy atom. The first-order valence-corrected chi connectivity index (χ1v) is 7.85. The maximum atomic E-state index is 8.76. The molecule has 0 unspecified atom stereocenters. The van der Waals surface area contributed by atoms with Crippen LogP contribution in [-0.2, 0) is 0 Å². The van der Waals surface area contributed by atoms with Crippen molar-refractivity contribution in [1.82, 2.24) is 9.88 Å². The van der Waals surface area contributed by atoms with Gasteiger partial charge >= 0.3 is 0 Å². The van der Waals surface area contributed by atoms with Gasteiger partial charge < -0.3 is 10.0 Å². The number of hydrogen-bond donors (Lipinski definition) is 1. The lowest BCUT2D eigenvalue weighted by Crippen LogP contribution is -2.47. The summed E-state index contributed by atoms with van der Waals surface area (Å²) < 4.78 is 0. The molecule has 1 fully saturated rings. The molecular formula is C14H21Cl2N3O. The van der Waals surface area contributed by atoms with Crippen molar-refractivity contribution in [2.45, 2.75) is 19.3 Å². The minimum atomic E-state index is 0.300. The molecule has 0 saturated carbocycles. The van der Waals surface area contributed by atoms with Gasteiger partial charge in [-0.15, -0.1) is 0 Å². The molecule has 1 aliphatic rings. The van der Waals surface area contributed by atoms with Gasteiger partial charge in [-0.25, -0.2) is 4.98 Å². The number of aliphatic hydroxyl groups is 1. The minimum absolute atomic E-state index is 0.300. The van der Waals surface area contributed by atoms with E-state index in [2.05, 4.69) is 14.8 Å². The number of hydrogen-bond acceptors (Lipinski definition) is 4. The van der Waals surface area contributed by atoms with Crippen molar-refractivity contribution in [2.75, 3.05) is 44.2 Å². The van der Waals surface area contributed by atoms with Crippen LogP contribution in [0.25, 0.3) is 0 Å². The summed E-state index contributed by atoms with van der Waals surface area (Å²) in [5.41, 5.74) is 0. The van der Waals surface area contributed by atoms with Crippen LogP contribution in [0, 0.1) is 0 Å². The van der Waals surface area contributed by atoms with E-state index in [1.165, 1.54) is 0 Å². The molecule has 112 valence electrons. The van der Waals surface area contributed by atoms with Gasteiger partial charge in [0.1, 0.15) is 5.82 Å². The predicted octanol–water partition coefficient (Wildman–Crippen LogP) is 2.67. The Balaban J connectivity index is 1.79. The second-order valence-corrected chi connectivity index (χ2v) is 5.92. The second kappa shape index (κ2) is 8.03. The number of nitrogens with zero attached hydrogens (tertiary/aromatic N) is 3. The largest absolute Gasteiger partial charge is 0.396 e. The van der Waals surface area contributed by atoms with Crippen molar-refractivity contribution in [3.8, 4) is 0 Å². The van der Waals surface area contributed by atoms with Gasteiger partial charge in [0.15, 0.2) is 0 Å². The van der Waals surface area contributed by atoms with Crippen LogP contribution in [0.4, 0.5) is 5.82 Å². The lowest BCUT2D eigenvalue weighted by atomic mass is 10.2. The number of anilines is 1. The Morgan fingerprint density at radius 2 is 1.85 bits per heavy atom. The summed E-state index contributed by atoms with van der Waals surface area (Å²) in [6.45, 7) is 5.34. The van der Waals surface area contributed by atoms with E-state index in [1.807, 2.05) is 0 Å². The molecule has 1 N–H and O–H groups in total. The SMILES string of the molecule is OCCCCCN1CCN(c2ncc(Cl)cc2Cl)CC1. The van der Waals surface area contributed by atoms with Crippen molar-refractivity contribution in [1.29, 1.82) is 0 Å². The molecule has 0 bridgehead atoms. The zero-order chi connectivity index (χ0) is 14.4. The van der Waals surface area contributed by atoms with Gasteiger partial charge in [-0.2, -0.15) is 0 Å². The van der Waals surface area contributed by atoms with Gasteiger partial charge in [0, 0.05) is 39.0 Å². The number of unbranched alkanes of at least 4 members (excludes halogenated alkanes) is 2. The van der Waals surface area contributed by atoms with Crippen LogP contribution in [0.15, 0.2) is 12.3 Å². The smallest absolute Gasteiger partial charge is 0.147 e. The number of aliphatic hydroxyl groups excluding tert-OH is 1. The summed E-state index contributed by atoms with van der Waals surface area (Å²) >= 11 is 12.1. The van der Waals surface area contributed by atoms with Crippen molar-refractivity contribution < 1.29 is 5.11 Å². The van der Waals surface area contributed by atoms with Crippen LogP contribution in [0.3, 0.4) is 0 Å². The molecule has 0 radical (unpaired) electrons. The Bertz CT molecular complexity index is 423. The molecule has 0 amide bonds. The fourth-order valence-corrected chi connectivity index (χ4v) is 2.95. The summed E-state index contributed by atoms with van der Waals surface area (Å²) in [6, 6.07) is 1.74. The van der Waals surface area contributed by atoms with Crippen LogP contribution in [0.2, 0.25) is 10.0 Å². The first-order chi connectivity index (χ1) is 9.70. The van der Waals surface area contributed by atoms with E-state index in [1.54, 1.807) is 12.3 Å². The molecule has 0 aromatic carbocycles. The summed E-state index contributed by atoms with van der Waals surface area (Å²) in [5.74, 6) is 0.830. The molecule has 1 saturated heterocycles. The topological polar surface area (TPSA) is 39.6 Å². The van der Waals surface area contributed by atoms with Gasteiger partial charge in [-0.1, -0.05) is 23.2 Å². The maximum absolute atomic E-state index is 8.76. The first kappa shape index (κ1) is 15.8. The number of aromatic nitrogens is 1. The monoisotopic (exact) mass is 317 g/mol. The number of rotatable bonds is 6. The van der Waals surface area contributed by atoms with E-state index in [0.29, 0.717) is 16.7 Å². The Kier molecular flexibility index (Phi) is 6.36. The van der Waals surface area contributed by atoms with Gasteiger partial charge in [0.25, 0.3) is 0 Å². The average Bonchev–Trinajstić information content (AvgIpc) is 2.45. The lowest BCUT2D eigenvalue weighted by molar-refractivity contribution is 0.242. The molecule has 1 aromatic heterocycles. The highest BCUT2D eigenvalue weighted by Crippen LogP contribution is 2.26. The highest BCUT2D eigenvalue weighted by Gasteiger charge is 2.19. The minimum Gasteiger partial charge on any atom is -0.396 e. The predicted molar refractivity (Wildman–Crippen MR) is 83.8 cm³/mol. The quantitative estimate of drug-likeness (QED) is 0.819. The Hall–Kier alpha value is -0.550. The number of piperazine rings is 1. The Morgan fingerprint density at radius 3 is 2.50 bits per heavy atom. The van der Waals surface area contributed by atoms with E-state index in [0.717, 1.165) is 57.8 Å². The number of halogens is 2. The normalized spacial score (nSPS) is 16.6. The molecule has 1 aliphatic heterocycles. The zero-order valence-corrected chi connectivity index (χ0v) is 13.1. The molecule has 2 heterocycles. The third-order valence-electron chi connectivity index (χ3n) is 3.59. The molecule has 0 aliphatic carbocycles. The molecular weight excluding hydrogens is 297 g/mol. The van der Waals surface area contributed by atoms with Gasteiger partial charge in [0.05, 0.1) is 10.0 Å². The van der Waals surface area contributed by atoms with Crippen molar-refractivity contribution in [3.63, 3.8) is 0 Å². The molecule has 0 spiro atoms. The molecule has 0 atom stereocenters. The fraction of sp³-hybridized carbons (Fsp3) is 0.643. The van der Waals surface area contributed by atoms with Crippen LogP contribution >= 0.6 is 23.2 Å². The highest BCUT2D eigenvalue weighted by molar-refractivity contribution is 6.36. The van der Waals surface area contributed by atoms with Crippen LogP contribution < -0.4 is 4.90 Å². The highest BCUT2D eigenvalue weighted by atomic mass is 35.5. The van der Waals surface area contributed by atoms with Crippen molar-refractivity contribution >= 4 is 29.0 Å². The molecule has 20 heavy (non-hydrogen) atoms. The van der Waals surface area contributed by atoms with E-state index >= 15 is 0 Å². The lowest BCUT2D eigenvalue weighted by Gasteiger charge is -2.35. The zero-order valence-electron chi connectivity index (χ0n) is 11.6. The average molecular weight is 318 g/mol. The van der Waals surface area contributed by atoms with Crippen molar-refractivity contribution in [3.05, 3.63) is 22.3 Å². The number of pyridine rings is 1. The molecule has 4 nitrogen and oxygen atoms in total. The molecule has 1 aromatic rings. The Labute approximate surface area is 130 Å². The van der Waals surface area contributed by atoms with Crippen LogP contribution in [-0.4, -0.2) is 54.3 Å². The summed E-state index contributed by atoms with van der Waals surface area (Å²) in [7, 11) is 0. The van der Waals surface area contributed by atoms with E-state index in [9.17, 15) is 0 Å². The van der Waals surface area contributed by atoms with Crippen LogP contribution in [0.1, 0.15) is 19.3 Å². The van der Waals surface area contributed by atoms with Gasteiger partial charge in [-0.3, -0.25) is 4.90 Å².